The summed E-state index contributed by atoms with van der Waals surface area (Å²) < 4.78 is 0. The second kappa shape index (κ2) is 8.90. The Morgan fingerprint density at radius 2 is 1.81 bits per heavy atom. The van der Waals surface area contributed by atoms with Gasteiger partial charge in [0.25, 0.3) is 0 Å². The highest BCUT2D eigenvalue weighted by Crippen LogP contribution is 2.22. The van der Waals surface area contributed by atoms with Crippen LogP contribution >= 0.6 is 11.3 Å². The second-order valence-corrected chi connectivity index (χ2v) is 7.68. The van der Waals surface area contributed by atoms with Gasteiger partial charge in [0, 0.05) is 43.3 Å². The fraction of sp³-hybridized carbons (Fsp3) is 0.400. The zero-order valence-corrected chi connectivity index (χ0v) is 16.2. The average Bonchev–Trinajstić information content (AvgIpc) is 3.23. The maximum absolute atomic E-state index is 12.1. The topological polar surface area (TPSA) is 79.4 Å². The third-order valence-corrected chi connectivity index (χ3v) is 5.46. The number of carbonyl (C=O) groups is 3. The molecule has 2 aromatic rings. The molecule has 3 amide bonds. The Morgan fingerprint density at radius 3 is 2.48 bits per heavy atom. The standard InChI is InChI=1S/C20H23N3O3S/c1-2-14-5-7-15(8-6-14)12-16-13-21-20(27-16)22-17(24)4-3-11-23-18(25)9-10-19(23)26/h5-8,13H,2-4,9-12H2,1H3,(H,21,22,24). The number of hydrogen-bond donors (Lipinski definition) is 1. The first-order chi connectivity index (χ1) is 13.0. The average molecular weight is 385 g/mol. The molecule has 0 radical (unpaired) electrons. The van der Waals surface area contributed by atoms with E-state index in [1.165, 1.54) is 27.4 Å². The lowest BCUT2D eigenvalue weighted by atomic mass is 10.1. The van der Waals surface area contributed by atoms with Gasteiger partial charge in [-0.05, 0) is 24.0 Å². The largest absolute Gasteiger partial charge is 0.302 e. The van der Waals surface area contributed by atoms with Crippen molar-refractivity contribution in [1.29, 1.82) is 0 Å². The first kappa shape index (κ1) is 19.2. The zero-order chi connectivity index (χ0) is 19.2. The summed E-state index contributed by atoms with van der Waals surface area (Å²) in [6.07, 6.45) is 4.89. The van der Waals surface area contributed by atoms with Crippen LogP contribution in [0.1, 0.15) is 48.6 Å². The monoisotopic (exact) mass is 385 g/mol. The summed E-state index contributed by atoms with van der Waals surface area (Å²) in [6.45, 7) is 2.44. The Kier molecular flexibility index (Phi) is 6.34. The molecule has 0 bridgehead atoms. The number of benzene rings is 1. The molecule has 0 atom stereocenters. The lowest BCUT2D eigenvalue weighted by Crippen LogP contribution is -2.30. The van der Waals surface area contributed by atoms with Crippen molar-refractivity contribution in [2.45, 2.75) is 45.4 Å². The number of aryl methyl sites for hydroxylation is 1. The molecule has 1 saturated heterocycles. The highest BCUT2D eigenvalue weighted by atomic mass is 32.1. The zero-order valence-electron chi connectivity index (χ0n) is 15.4. The molecule has 142 valence electrons. The number of likely N-dealkylation sites (tertiary alicyclic amines) is 1. The van der Waals surface area contributed by atoms with Crippen molar-refractivity contribution in [3.8, 4) is 0 Å². The van der Waals surface area contributed by atoms with E-state index in [0.29, 0.717) is 18.1 Å². The minimum atomic E-state index is -0.151. The number of anilines is 1. The Bertz CT molecular complexity index is 813. The van der Waals surface area contributed by atoms with Crippen LogP contribution in [-0.2, 0) is 27.2 Å². The van der Waals surface area contributed by atoms with E-state index < -0.39 is 0 Å². The maximum Gasteiger partial charge on any atom is 0.229 e. The van der Waals surface area contributed by atoms with Crippen molar-refractivity contribution < 1.29 is 14.4 Å². The highest BCUT2D eigenvalue weighted by molar-refractivity contribution is 7.15. The van der Waals surface area contributed by atoms with Crippen molar-refractivity contribution >= 4 is 34.2 Å². The van der Waals surface area contributed by atoms with Crippen LogP contribution in [0.3, 0.4) is 0 Å². The number of carbonyl (C=O) groups excluding carboxylic acids is 3. The summed E-state index contributed by atoms with van der Waals surface area (Å²) in [4.78, 5) is 41.7. The molecule has 1 aliphatic rings. The molecule has 6 nitrogen and oxygen atoms in total. The van der Waals surface area contributed by atoms with Crippen LogP contribution in [0.25, 0.3) is 0 Å². The van der Waals surface area contributed by atoms with Gasteiger partial charge in [-0.2, -0.15) is 0 Å². The highest BCUT2D eigenvalue weighted by Gasteiger charge is 2.28. The summed E-state index contributed by atoms with van der Waals surface area (Å²) in [7, 11) is 0. The van der Waals surface area contributed by atoms with Gasteiger partial charge >= 0.3 is 0 Å². The second-order valence-electron chi connectivity index (χ2n) is 6.57. The molecule has 1 aliphatic heterocycles. The molecule has 1 fully saturated rings. The summed E-state index contributed by atoms with van der Waals surface area (Å²) in [6, 6.07) is 8.51. The van der Waals surface area contributed by atoms with Crippen LogP contribution in [0.2, 0.25) is 0 Å². The van der Waals surface area contributed by atoms with Crippen LogP contribution in [0, 0.1) is 0 Å². The van der Waals surface area contributed by atoms with Gasteiger partial charge in [-0.25, -0.2) is 4.98 Å². The van der Waals surface area contributed by atoms with Crippen LogP contribution < -0.4 is 5.32 Å². The van der Waals surface area contributed by atoms with E-state index in [1.54, 1.807) is 6.20 Å². The van der Waals surface area contributed by atoms with Crippen molar-refractivity contribution in [1.82, 2.24) is 9.88 Å². The van der Waals surface area contributed by atoms with E-state index in [4.69, 9.17) is 0 Å². The molecule has 0 aliphatic carbocycles. The molecule has 2 heterocycles. The van der Waals surface area contributed by atoms with Gasteiger partial charge < -0.3 is 5.32 Å². The molecule has 0 spiro atoms. The molecule has 7 heteroatoms. The van der Waals surface area contributed by atoms with E-state index in [-0.39, 0.29) is 37.0 Å². The first-order valence-electron chi connectivity index (χ1n) is 9.20. The van der Waals surface area contributed by atoms with Crippen LogP contribution in [0.15, 0.2) is 30.5 Å². The Balaban J connectivity index is 1.44. The van der Waals surface area contributed by atoms with Gasteiger partial charge in [0.05, 0.1) is 0 Å². The van der Waals surface area contributed by atoms with Crippen molar-refractivity contribution in [2.24, 2.45) is 0 Å². The van der Waals surface area contributed by atoms with E-state index >= 15 is 0 Å². The molecule has 0 unspecified atom stereocenters. The molecule has 1 aromatic carbocycles. The van der Waals surface area contributed by atoms with Crippen molar-refractivity contribution in [3.05, 3.63) is 46.5 Å². The number of aromatic nitrogens is 1. The lowest BCUT2D eigenvalue weighted by molar-refractivity contribution is -0.138. The number of rotatable bonds is 8. The maximum atomic E-state index is 12.1. The Labute approximate surface area is 162 Å². The number of thiazole rings is 1. The summed E-state index contributed by atoms with van der Waals surface area (Å²) in [5, 5.41) is 3.37. The smallest absolute Gasteiger partial charge is 0.229 e. The van der Waals surface area contributed by atoms with Gasteiger partial charge in [0.2, 0.25) is 17.7 Å². The van der Waals surface area contributed by atoms with Crippen molar-refractivity contribution in [2.75, 3.05) is 11.9 Å². The quantitative estimate of drug-likeness (QED) is 0.708. The Morgan fingerprint density at radius 1 is 1.15 bits per heavy atom. The van der Waals surface area contributed by atoms with E-state index in [0.717, 1.165) is 17.7 Å². The predicted molar refractivity (Wildman–Crippen MR) is 105 cm³/mol. The molecule has 1 aromatic heterocycles. The minimum absolute atomic E-state index is 0.142. The predicted octanol–water partition coefficient (Wildman–Crippen LogP) is 3.16. The van der Waals surface area contributed by atoms with E-state index in [2.05, 4.69) is 41.5 Å². The third-order valence-electron chi connectivity index (χ3n) is 4.55. The number of amides is 3. The first-order valence-corrected chi connectivity index (χ1v) is 10.0. The number of nitrogens with one attached hydrogen (secondary N) is 1. The molecular weight excluding hydrogens is 362 g/mol. The summed E-state index contributed by atoms with van der Waals surface area (Å²) in [5.41, 5.74) is 2.53. The van der Waals surface area contributed by atoms with Crippen LogP contribution in [0.4, 0.5) is 5.13 Å². The van der Waals surface area contributed by atoms with Gasteiger partial charge in [-0.3, -0.25) is 19.3 Å². The SMILES string of the molecule is CCc1ccc(Cc2cnc(NC(=O)CCCN3C(=O)CCC3=O)s2)cc1. The minimum Gasteiger partial charge on any atom is -0.302 e. The fourth-order valence-corrected chi connectivity index (χ4v) is 3.86. The number of imide groups is 1. The number of hydrogen-bond acceptors (Lipinski definition) is 5. The number of nitrogens with zero attached hydrogens (tertiary/aromatic N) is 2. The molecular formula is C20H23N3O3S. The Hall–Kier alpha value is -2.54. The molecule has 27 heavy (non-hydrogen) atoms. The van der Waals surface area contributed by atoms with Crippen LogP contribution in [0.5, 0.6) is 0 Å². The van der Waals surface area contributed by atoms with E-state index in [1.807, 2.05) is 0 Å². The van der Waals surface area contributed by atoms with Gasteiger partial charge in [-0.15, -0.1) is 11.3 Å². The van der Waals surface area contributed by atoms with Gasteiger partial charge in [0.15, 0.2) is 5.13 Å². The summed E-state index contributed by atoms with van der Waals surface area (Å²) >= 11 is 1.46. The van der Waals surface area contributed by atoms with Gasteiger partial charge in [0.1, 0.15) is 0 Å². The molecule has 1 N–H and O–H groups in total. The molecule has 0 saturated carbocycles. The van der Waals surface area contributed by atoms with Crippen molar-refractivity contribution in [3.63, 3.8) is 0 Å². The lowest BCUT2D eigenvalue weighted by Gasteiger charge is -2.12. The third kappa shape index (κ3) is 5.23. The normalized spacial score (nSPS) is 14.0. The fourth-order valence-electron chi connectivity index (χ4n) is 2.99. The molecule has 3 rings (SSSR count). The summed E-state index contributed by atoms with van der Waals surface area (Å²) in [5.74, 6) is -0.434. The van der Waals surface area contributed by atoms with Crippen LogP contribution in [-0.4, -0.2) is 34.2 Å². The van der Waals surface area contributed by atoms with E-state index in [9.17, 15) is 14.4 Å². The van der Waals surface area contributed by atoms with Gasteiger partial charge in [-0.1, -0.05) is 31.2 Å².